The van der Waals surface area contributed by atoms with Gasteiger partial charge in [-0.15, -0.1) is 0 Å². The third kappa shape index (κ3) is 4.02. The van der Waals surface area contributed by atoms with Crippen molar-refractivity contribution in [3.63, 3.8) is 0 Å². The van der Waals surface area contributed by atoms with Gasteiger partial charge >= 0.3 is 0 Å². The van der Waals surface area contributed by atoms with E-state index in [0.29, 0.717) is 11.4 Å². The number of hydrogen-bond acceptors (Lipinski definition) is 2. The lowest BCUT2D eigenvalue weighted by atomic mass is 10.1. The topological polar surface area (TPSA) is 41.1 Å². The van der Waals surface area contributed by atoms with Crippen LogP contribution in [-0.2, 0) is 11.3 Å². The molecule has 3 nitrogen and oxygen atoms in total. The van der Waals surface area contributed by atoms with Gasteiger partial charge in [0.2, 0.25) is 5.91 Å². The van der Waals surface area contributed by atoms with Gasteiger partial charge in [0, 0.05) is 30.4 Å². The highest BCUT2D eigenvalue weighted by Gasteiger charge is 2.05. The Morgan fingerprint density at radius 1 is 1.14 bits per heavy atom. The van der Waals surface area contributed by atoms with Crippen LogP contribution in [0.2, 0.25) is 0 Å². The second-order valence-electron chi connectivity index (χ2n) is 4.80. The summed E-state index contributed by atoms with van der Waals surface area (Å²) < 4.78 is 26.6. The van der Waals surface area contributed by atoms with Crippen LogP contribution in [0, 0.1) is 18.6 Å². The van der Waals surface area contributed by atoms with Gasteiger partial charge in [-0.1, -0.05) is 6.07 Å². The normalized spacial score (nSPS) is 10.3. The van der Waals surface area contributed by atoms with Gasteiger partial charge in [0.05, 0.1) is 0 Å². The molecule has 21 heavy (non-hydrogen) atoms. The van der Waals surface area contributed by atoms with Gasteiger partial charge < -0.3 is 10.6 Å². The number of halogens is 2. The van der Waals surface area contributed by atoms with E-state index < -0.39 is 11.6 Å². The van der Waals surface area contributed by atoms with E-state index >= 15 is 0 Å². The Balaban J connectivity index is 2.13. The first kappa shape index (κ1) is 15.0. The van der Waals surface area contributed by atoms with Crippen LogP contribution in [0.3, 0.4) is 0 Å². The Labute approximate surface area is 122 Å². The predicted molar refractivity (Wildman–Crippen MR) is 79.2 cm³/mol. The van der Waals surface area contributed by atoms with Crippen molar-refractivity contribution in [1.82, 2.24) is 0 Å². The number of aryl methyl sites for hydroxylation is 1. The SMILES string of the molecule is CC(=O)Nc1cc(NCc2cc(F)ccc2F)ccc1C. The maximum absolute atomic E-state index is 13.5. The Hall–Kier alpha value is -2.43. The molecule has 110 valence electrons. The molecule has 0 heterocycles. The number of amides is 1. The second kappa shape index (κ2) is 6.35. The fraction of sp³-hybridized carbons (Fsp3) is 0.188. The first-order valence-electron chi connectivity index (χ1n) is 6.52. The summed E-state index contributed by atoms with van der Waals surface area (Å²) in [6, 6.07) is 8.76. The molecule has 2 aromatic carbocycles. The molecular weight excluding hydrogens is 274 g/mol. The van der Waals surface area contributed by atoms with E-state index in [9.17, 15) is 13.6 Å². The summed E-state index contributed by atoms with van der Waals surface area (Å²) in [5.74, 6) is -1.10. The quantitative estimate of drug-likeness (QED) is 0.898. The highest BCUT2D eigenvalue weighted by Crippen LogP contribution is 2.21. The van der Waals surface area contributed by atoms with E-state index in [1.165, 1.54) is 6.92 Å². The molecular formula is C16H16F2N2O. The van der Waals surface area contributed by atoms with Crippen molar-refractivity contribution in [3.05, 3.63) is 59.2 Å². The van der Waals surface area contributed by atoms with Crippen molar-refractivity contribution in [2.75, 3.05) is 10.6 Å². The summed E-state index contributed by atoms with van der Waals surface area (Å²) in [4.78, 5) is 11.1. The minimum absolute atomic E-state index is 0.159. The van der Waals surface area contributed by atoms with Gasteiger partial charge in [-0.3, -0.25) is 4.79 Å². The number of nitrogens with one attached hydrogen (secondary N) is 2. The summed E-state index contributed by atoms with van der Waals surface area (Å²) in [6.45, 7) is 3.47. The molecule has 0 unspecified atom stereocenters. The lowest BCUT2D eigenvalue weighted by molar-refractivity contribution is -0.114. The van der Waals surface area contributed by atoms with Crippen molar-refractivity contribution in [3.8, 4) is 0 Å². The molecule has 0 saturated carbocycles. The van der Waals surface area contributed by atoms with Crippen LogP contribution in [0.25, 0.3) is 0 Å². The average Bonchev–Trinajstić information content (AvgIpc) is 2.42. The number of rotatable bonds is 4. The molecule has 1 amide bonds. The van der Waals surface area contributed by atoms with Crippen molar-refractivity contribution in [1.29, 1.82) is 0 Å². The van der Waals surface area contributed by atoms with E-state index in [4.69, 9.17) is 0 Å². The third-order valence-corrected chi connectivity index (χ3v) is 3.04. The van der Waals surface area contributed by atoms with Gasteiger partial charge in [-0.25, -0.2) is 8.78 Å². The van der Waals surface area contributed by atoms with Crippen molar-refractivity contribution >= 4 is 17.3 Å². The van der Waals surface area contributed by atoms with Gasteiger partial charge in [0.1, 0.15) is 11.6 Å². The average molecular weight is 290 g/mol. The molecule has 0 aliphatic heterocycles. The van der Waals surface area contributed by atoms with Crippen molar-refractivity contribution in [2.45, 2.75) is 20.4 Å². The Morgan fingerprint density at radius 2 is 1.90 bits per heavy atom. The number of anilines is 2. The molecule has 0 aromatic heterocycles. The zero-order valence-electron chi connectivity index (χ0n) is 11.8. The first-order valence-corrected chi connectivity index (χ1v) is 6.52. The Morgan fingerprint density at radius 3 is 2.62 bits per heavy atom. The molecule has 0 fully saturated rings. The van der Waals surface area contributed by atoms with Gasteiger partial charge in [0.25, 0.3) is 0 Å². The van der Waals surface area contributed by atoms with Crippen LogP contribution in [0.15, 0.2) is 36.4 Å². The van der Waals surface area contributed by atoms with Crippen LogP contribution >= 0.6 is 0 Å². The van der Waals surface area contributed by atoms with Gasteiger partial charge in [-0.2, -0.15) is 0 Å². The molecule has 0 saturated heterocycles. The molecule has 2 rings (SSSR count). The summed E-state index contributed by atoms with van der Waals surface area (Å²) in [5.41, 5.74) is 2.57. The second-order valence-corrected chi connectivity index (χ2v) is 4.80. The standard InChI is InChI=1S/C16H16F2N2O/c1-10-3-5-14(8-16(10)20-11(2)21)19-9-12-7-13(17)4-6-15(12)18/h3-8,19H,9H2,1-2H3,(H,20,21). The van der Waals surface area contributed by atoms with Crippen LogP contribution in [-0.4, -0.2) is 5.91 Å². The lowest BCUT2D eigenvalue weighted by Crippen LogP contribution is -2.08. The molecule has 0 aliphatic carbocycles. The van der Waals surface area contributed by atoms with Crippen LogP contribution in [0.5, 0.6) is 0 Å². The van der Waals surface area contributed by atoms with E-state index in [1.807, 2.05) is 19.1 Å². The molecule has 2 aromatic rings. The minimum Gasteiger partial charge on any atom is -0.381 e. The fourth-order valence-electron chi connectivity index (χ4n) is 1.93. The first-order chi connectivity index (χ1) is 9.95. The molecule has 0 spiro atoms. The molecule has 2 N–H and O–H groups in total. The third-order valence-electron chi connectivity index (χ3n) is 3.04. The zero-order chi connectivity index (χ0) is 15.4. The van der Waals surface area contributed by atoms with Crippen molar-refractivity contribution in [2.24, 2.45) is 0 Å². The van der Waals surface area contributed by atoms with E-state index in [1.54, 1.807) is 6.07 Å². The lowest BCUT2D eigenvalue weighted by Gasteiger charge is -2.12. The number of benzene rings is 2. The monoisotopic (exact) mass is 290 g/mol. The molecule has 0 bridgehead atoms. The number of carbonyl (C=O) groups is 1. The molecule has 0 aliphatic rings. The predicted octanol–water partition coefficient (Wildman–Crippen LogP) is 3.84. The highest BCUT2D eigenvalue weighted by molar-refractivity contribution is 5.90. The van der Waals surface area contributed by atoms with E-state index in [0.717, 1.165) is 23.8 Å². The van der Waals surface area contributed by atoms with Gasteiger partial charge in [0.15, 0.2) is 0 Å². The molecule has 5 heteroatoms. The maximum Gasteiger partial charge on any atom is 0.221 e. The number of hydrogen-bond donors (Lipinski definition) is 2. The minimum atomic E-state index is -0.476. The molecule has 0 atom stereocenters. The van der Waals surface area contributed by atoms with E-state index in [-0.39, 0.29) is 18.0 Å². The van der Waals surface area contributed by atoms with Crippen LogP contribution < -0.4 is 10.6 Å². The van der Waals surface area contributed by atoms with E-state index in [2.05, 4.69) is 10.6 Å². The fourth-order valence-corrected chi connectivity index (χ4v) is 1.93. The van der Waals surface area contributed by atoms with Crippen LogP contribution in [0.1, 0.15) is 18.1 Å². The van der Waals surface area contributed by atoms with Crippen molar-refractivity contribution < 1.29 is 13.6 Å². The highest BCUT2D eigenvalue weighted by atomic mass is 19.1. The summed E-state index contributed by atoms with van der Waals surface area (Å²) in [7, 11) is 0. The zero-order valence-corrected chi connectivity index (χ0v) is 11.8. The summed E-state index contributed by atoms with van der Waals surface area (Å²) in [6.07, 6.45) is 0. The Bertz CT molecular complexity index is 671. The summed E-state index contributed by atoms with van der Waals surface area (Å²) >= 11 is 0. The smallest absolute Gasteiger partial charge is 0.221 e. The summed E-state index contributed by atoms with van der Waals surface area (Å²) in [5, 5.41) is 5.73. The number of carbonyl (C=O) groups excluding carboxylic acids is 1. The molecule has 0 radical (unpaired) electrons. The Kier molecular flexibility index (Phi) is 4.52. The van der Waals surface area contributed by atoms with Crippen LogP contribution in [0.4, 0.5) is 20.2 Å². The van der Waals surface area contributed by atoms with Gasteiger partial charge in [-0.05, 0) is 42.8 Å². The maximum atomic E-state index is 13.5. The largest absolute Gasteiger partial charge is 0.381 e.